The number of nitrogens with one attached hydrogen (secondary N) is 1. The Morgan fingerprint density at radius 3 is 2.78 bits per heavy atom. The summed E-state index contributed by atoms with van der Waals surface area (Å²) in [6.45, 7) is 1.63. The van der Waals surface area contributed by atoms with E-state index in [1.54, 1.807) is 6.92 Å². The number of carboxylic acids is 1. The summed E-state index contributed by atoms with van der Waals surface area (Å²) in [6.07, 6.45) is 4.68. The highest BCUT2D eigenvalue weighted by Gasteiger charge is 2.23. The van der Waals surface area contributed by atoms with Crippen LogP contribution in [0, 0.1) is 6.92 Å². The number of aromatic nitrogens is 2. The largest absolute Gasteiger partial charge is 0.478 e. The lowest BCUT2D eigenvalue weighted by Gasteiger charge is -2.28. The zero-order chi connectivity index (χ0) is 13.1. The van der Waals surface area contributed by atoms with E-state index in [2.05, 4.69) is 15.3 Å². The van der Waals surface area contributed by atoms with Crippen molar-refractivity contribution in [3.8, 4) is 0 Å². The number of hydrogen-bond acceptors (Lipinski definition) is 5. The maximum absolute atomic E-state index is 10.8. The number of aryl methyl sites for hydroxylation is 1. The summed E-state index contributed by atoms with van der Waals surface area (Å²) >= 11 is 0. The van der Waals surface area contributed by atoms with E-state index in [-0.39, 0.29) is 17.7 Å². The van der Waals surface area contributed by atoms with Gasteiger partial charge in [-0.15, -0.1) is 0 Å². The van der Waals surface area contributed by atoms with Crippen LogP contribution in [0.3, 0.4) is 0 Å². The summed E-state index contributed by atoms with van der Waals surface area (Å²) in [7, 11) is 0. The lowest BCUT2D eigenvalue weighted by Crippen LogP contribution is -2.36. The average Bonchev–Trinajstić information content (AvgIpc) is 2.32. The SMILES string of the molecule is Cc1nc(NC2CCCCC2O)ncc1C(=O)O. The molecule has 0 aliphatic heterocycles. The van der Waals surface area contributed by atoms with Crippen LogP contribution < -0.4 is 5.32 Å². The van der Waals surface area contributed by atoms with Crippen LogP contribution in [-0.4, -0.2) is 38.3 Å². The first-order valence-corrected chi connectivity index (χ1v) is 6.09. The molecule has 2 atom stereocenters. The van der Waals surface area contributed by atoms with Crippen molar-refractivity contribution in [3.63, 3.8) is 0 Å². The fourth-order valence-electron chi connectivity index (χ4n) is 2.19. The molecule has 18 heavy (non-hydrogen) atoms. The highest BCUT2D eigenvalue weighted by molar-refractivity contribution is 5.88. The highest BCUT2D eigenvalue weighted by Crippen LogP contribution is 2.21. The van der Waals surface area contributed by atoms with Crippen molar-refractivity contribution in [1.29, 1.82) is 0 Å². The van der Waals surface area contributed by atoms with Crippen LogP contribution >= 0.6 is 0 Å². The van der Waals surface area contributed by atoms with Gasteiger partial charge in [-0.3, -0.25) is 0 Å². The first-order chi connectivity index (χ1) is 8.58. The van der Waals surface area contributed by atoms with Crippen molar-refractivity contribution in [1.82, 2.24) is 9.97 Å². The van der Waals surface area contributed by atoms with Gasteiger partial charge in [-0.05, 0) is 19.8 Å². The summed E-state index contributed by atoms with van der Waals surface area (Å²) < 4.78 is 0. The van der Waals surface area contributed by atoms with Crippen LogP contribution in [0.5, 0.6) is 0 Å². The van der Waals surface area contributed by atoms with Crippen LogP contribution in [0.2, 0.25) is 0 Å². The molecule has 6 nitrogen and oxygen atoms in total. The van der Waals surface area contributed by atoms with Gasteiger partial charge >= 0.3 is 5.97 Å². The molecule has 0 amide bonds. The Balaban J connectivity index is 2.10. The number of carbonyl (C=O) groups is 1. The lowest BCUT2D eigenvalue weighted by atomic mass is 9.93. The van der Waals surface area contributed by atoms with E-state index in [4.69, 9.17) is 5.11 Å². The van der Waals surface area contributed by atoms with Gasteiger partial charge in [0.1, 0.15) is 0 Å². The summed E-state index contributed by atoms with van der Waals surface area (Å²) in [4.78, 5) is 18.9. The molecule has 0 spiro atoms. The minimum Gasteiger partial charge on any atom is -0.478 e. The predicted octanol–water partition coefficient (Wildman–Crippen LogP) is 1.20. The molecule has 1 aromatic rings. The maximum Gasteiger partial charge on any atom is 0.339 e. The molecule has 1 aliphatic carbocycles. The van der Waals surface area contributed by atoms with E-state index in [0.29, 0.717) is 11.6 Å². The molecule has 2 unspecified atom stereocenters. The van der Waals surface area contributed by atoms with Crippen molar-refractivity contribution < 1.29 is 15.0 Å². The molecule has 6 heteroatoms. The fraction of sp³-hybridized carbons (Fsp3) is 0.583. The number of anilines is 1. The Labute approximate surface area is 105 Å². The van der Waals surface area contributed by atoms with Gasteiger partial charge in [0.2, 0.25) is 5.95 Å². The Kier molecular flexibility index (Phi) is 3.76. The molecule has 2 rings (SSSR count). The van der Waals surface area contributed by atoms with Crippen molar-refractivity contribution >= 4 is 11.9 Å². The normalized spacial score (nSPS) is 23.7. The molecule has 1 aliphatic rings. The third-order valence-corrected chi connectivity index (χ3v) is 3.25. The van der Waals surface area contributed by atoms with Crippen molar-refractivity contribution in [2.75, 3.05) is 5.32 Å². The van der Waals surface area contributed by atoms with Crippen LogP contribution in [0.1, 0.15) is 41.7 Å². The standard InChI is InChI=1S/C12H17N3O3/c1-7-8(11(17)18)6-13-12(14-7)15-9-4-2-3-5-10(9)16/h6,9-10,16H,2-5H2,1H3,(H,17,18)(H,13,14,15). The van der Waals surface area contributed by atoms with Gasteiger partial charge in [0, 0.05) is 6.20 Å². The van der Waals surface area contributed by atoms with Gasteiger partial charge in [0.15, 0.2) is 0 Å². The van der Waals surface area contributed by atoms with Crippen molar-refractivity contribution in [3.05, 3.63) is 17.5 Å². The molecule has 0 bridgehead atoms. The molecule has 1 aromatic heterocycles. The molecule has 1 heterocycles. The van der Waals surface area contributed by atoms with Crippen LogP contribution in [-0.2, 0) is 0 Å². The zero-order valence-corrected chi connectivity index (χ0v) is 10.3. The number of rotatable bonds is 3. The smallest absolute Gasteiger partial charge is 0.339 e. The number of aliphatic hydroxyl groups is 1. The van der Waals surface area contributed by atoms with Crippen LogP contribution in [0.25, 0.3) is 0 Å². The minimum absolute atomic E-state index is 0.0474. The van der Waals surface area contributed by atoms with Gasteiger partial charge < -0.3 is 15.5 Å². The van der Waals surface area contributed by atoms with Gasteiger partial charge in [0.05, 0.1) is 23.4 Å². The van der Waals surface area contributed by atoms with E-state index < -0.39 is 5.97 Å². The molecule has 1 saturated carbocycles. The Hall–Kier alpha value is -1.69. The Morgan fingerprint density at radius 2 is 2.17 bits per heavy atom. The number of aromatic carboxylic acids is 1. The quantitative estimate of drug-likeness (QED) is 0.747. The average molecular weight is 251 g/mol. The third-order valence-electron chi connectivity index (χ3n) is 3.25. The fourth-order valence-corrected chi connectivity index (χ4v) is 2.19. The third kappa shape index (κ3) is 2.76. The molecule has 0 saturated heterocycles. The summed E-state index contributed by atoms with van der Waals surface area (Å²) in [5.74, 6) is -0.653. The molecule has 3 N–H and O–H groups in total. The van der Waals surface area contributed by atoms with E-state index in [0.717, 1.165) is 25.7 Å². The zero-order valence-electron chi connectivity index (χ0n) is 10.3. The van der Waals surface area contributed by atoms with E-state index >= 15 is 0 Å². The second-order valence-corrected chi connectivity index (χ2v) is 4.60. The van der Waals surface area contributed by atoms with E-state index in [1.165, 1.54) is 6.20 Å². The summed E-state index contributed by atoms with van der Waals surface area (Å²) in [5, 5.41) is 21.8. The number of aliphatic hydroxyl groups excluding tert-OH is 1. The van der Waals surface area contributed by atoms with Gasteiger partial charge in [-0.25, -0.2) is 14.8 Å². The van der Waals surface area contributed by atoms with Crippen LogP contribution in [0.4, 0.5) is 5.95 Å². The lowest BCUT2D eigenvalue weighted by molar-refractivity contribution is 0.0695. The first-order valence-electron chi connectivity index (χ1n) is 6.09. The van der Waals surface area contributed by atoms with Crippen LogP contribution in [0.15, 0.2) is 6.20 Å². The molecule has 0 aromatic carbocycles. The number of carboxylic acid groups (broad SMARTS) is 1. The van der Waals surface area contributed by atoms with E-state index in [1.807, 2.05) is 0 Å². The maximum atomic E-state index is 10.8. The second-order valence-electron chi connectivity index (χ2n) is 4.60. The van der Waals surface area contributed by atoms with Crippen molar-refractivity contribution in [2.24, 2.45) is 0 Å². The first kappa shape index (κ1) is 12.8. The second kappa shape index (κ2) is 5.30. The highest BCUT2D eigenvalue weighted by atomic mass is 16.4. The molecular formula is C12H17N3O3. The monoisotopic (exact) mass is 251 g/mol. The molecule has 98 valence electrons. The van der Waals surface area contributed by atoms with Gasteiger partial charge in [-0.1, -0.05) is 12.8 Å². The van der Waals surface area contributed by atoms with Crippen molar-refractivity contribution in [2.45, 2.75) is 44.8 Å². The summed E-state index contributed by atoms with van der Waals surface area (Å²) in [5.41, 5.74) is 0.523. The van der Waals surface area contributed by atoms with Gasteiger partial charge in [0.25, 0.3) is 0 Å². The summed E-state index contributed by atoms with van der Waals surface area (Å²) in [6, 6.07) is -0.0474. The number of hydrogen-bond donors (Lipinski definition) is 3. The topological polar surface area (TPSA) is 95.3 Å². The van der Waals surface area contributed by atoms with E-state index in [9.17, 15) is 9.90 Å². The molecule has 1 fully saturated rings. The van der Waals surface area contributed by atoms with Gasteiger partial charge in [-0.2, -0.15) is 0 Å². The minimum atomic E-state index is -1.03. The Morgan fingerprint density at radius 1 is 1.44 bits per heavy atom. The molecule has 0 radical (unpaired) electrons. The predicted molar refractivity (Wildman–Crippen MR) is 65.6 cm³/mol. The Bertz CT molecular complexity index is 450. The molecular weight excluding hydrogens is 234 g/mol. The number of nitrogens with zero attached hydrogens (tertiary/aromatic N) is 2.